The summed E-state index contributed by atoms with van der Waals surface area (Å²) in [5, 5.41) is 8.76. The molecular formula is C6H8Br2O2. The van der Waals surface area contributed by atoms with E-state index in [1.54, 1.807) is 6.92 Å². The molecule has 2 atom stereocenters. The summed E-state index contributed by atoms with van der Waals surface area (Å²) in [5.74, 6) is -0.619. The average Bonchev–Trinajstić information content (AvgIpc) is 2.16. The summed E-state index contributed by atoms with van der Waals surface area (Å²) in [6, 6.07) is 0. The fourth-order valence-electron chi connectivity index (χ4n) is 1.06. The van der Waals surface area contributed by atoms with Crippen molar-refractivity contribution >= 4 is 37.8 Å². The Hall–Kier alpha value is 0.430. The van der Waals surface area contributed by atoms with Crippen LogP contribution in [0.1, 0.15) is 13.8 Å². The largest absolute Gasteiger partial charge is 0.481 e. The molecule has 0 unspecified atom stereocenters. The molecule has 1 saturated carbocycles. The molecule has 1 rings (SSSR count). The van der Waals surface area contributed by atoms with Crippen molar-refractivity contribution in [1.29, 1.82) is 0 Å². The quantitative estimate of drug-likeness (QED) is 0.743. The summed E-state index contributed by atoms with van der Waals surface area (Å²) in [7, 11) is 0. The van der Waals surface area contributed by atoms with Gasteiger partial charge in [-0.25, -0.2) is 0 Å². The van der Waals surface area contributed by atoms with Gasteiger partial charge >= 0.3 is 5.97 Å². The van der Waals surface area contributed by atoms with Crippen LogP contribution in [0.15, 0.2) is 0 Å². The molecule has 0 spiro atoms. The Kier molecular flexibility index (Phi) is 1.68. The molecule has 0 bridgehead atoms. The van der Waals surface area contributed by atoms with Gasteiger partial charge in [0.1, 0.15) is 3.23 Å². The van der Waals surface area contributed by atoms with Crippen LogP contribution in [0.5, 0.6) is 0 Å². The summed E-state index contributed by atoms with van der Waals surface area (Å²) < 4.78 is -0.390. The lowest BCUT2D eigenvalue weighted by atomic mass is 10.1. The third-order valence-electron chi connectivity index (χ3n) is 2.46. The molecule has 1 N–H and O–H groups in total. The Morgan fingerprint density at radius 1 is 1.60 bits per heavy atom. The molecular weight excluding hydrogens is 264 g/mol. The first kappa shape index (κ1) is 8.53. The highest BCUT2D eigenvalue weighted by atomic mass is 79.9. The average molecular weight is 272 g/mol. The first-order valence-electron chi connectivity index (χ1n) is 2.96. The molecule has 0 saturated heterocycles. The van der Waals surface area contributed by atoms with Gasteiger partial charge in [-0.1, -0.05) is 38.8 Å². The molecule has 1 aliphatic rings. The van der Waals surface area contributed by atoms with Crippen LogP contribution >= 0.6 is 31.9 Å². The predicted octanol–water partition coefficient (Wildman–Crippen LogP) is 2.21. The van der Waals surface area contributed by atoms with E-state index >= 15 is 0 Å². The molecule has 1 aliphatic carbocycles. The van der Waals surface area contributed by atoms with Gasteiger partial charge in [-0.3, -0.25) is 4.79 Å². The van der Waals surface area contributed by atoms with Gasteiger partial charge < -0.3 is 5.11 Å². The van der Waals surface area contributed by atoms with E-state index in [1.165, 1.54) is 0 Å². The number of rotatable bonds is 1. The van der Waals surface area contributed by atoms with Crippen LogP contribution in [0, 0.1) is 11.3 Å². The van der Waals surface area contributed by atoms with Gasteiger partial charge in [-0.05, 0) is 6.92 Å². The predicted molar refractivity (Wildman–Crippen MR) is 45.5 cm³/mol. The summed E-state index contributed by atoms with van der Waals surface area (Å²) in [4.78, 5) is 10.6. The molecule has 0 aromatic rings. The summed E-state index contributed by atoms with van der Waals surface area (Å²) in [6.07, 6.45) is 0. The van der Waals surface area contributed by atoms with E-state index in [1.807, 2.05) is 6.92 Å². The van der Waals surface area contributed by atoms with Crippen molar-refractivity contribution < 1.29 is 9.90 Å². The molecule has 0 aliphatic heterocycles. The van der Waals surface area contributed by atoms with Crippen molar-refractivity contribution in [3.8, 4) is 0 Å². The van der Waals surface area contributed by atoms with Gasteiger partial charge in [0, 0.05) is 5.92 Å². The highest BCUT2D eigenvalue weighted by molar-refractivity contribution is 9.25. The van der Waals surface area contributed by atoms with Crippen molar-refractivity contribution in [2.24, 2.45) is 11.3 Å². The van der Waals surface area contributed by atoms with E-state index in [4.69, 9.17) is 5.11 Å². The first-order chi connectivity index (χ1) is 4.35. The van der Waals surface area contributed by atoms with Crippen molar-refractivity contribution in [2.75, 3.05) is 0 Å². The van der Waals surface area contributed by atoms with E-state index < -0.39 is 14.6 Å². The lowest BCUT2D eigenvalue weighted by molar-refractivity contribution is -0.143. The van der Waals surface area contributed by atoms with Crippen LogP contribution in [-0.4, -0.2) is 14.3 Å². The third-order valence-corrected chi connectivity index (χ3v) is 5.48. The standard InChI is InChI=1S/C6H8Br2O2/c1-3-5(2,4(9)10)6(3,7)8/h3H,1-2H3,(H,9,10)/t3-,5+/m0/s1. The van der Waals surface area contributed by atoms with Crippen molar-refractivity contribution in [2.45, 2.75) is 17.1 Å². The number of carbonyl (C=O) groups is 1. The highest BCUT2D eigenvalue weighted by Gasteiger charge is 2.74. The maximum absolute atomic E-state index is 10.6. The molecule has 4 heteroatoms. The number of carboxylic acid groups (broad SMARTS) is 1. The van der Waals surface area contributed by atoms with Gasteiger partial charge in [-0.15, -0.1) is 0 Å². The van der Waals surface area contributed by atoms with Crippen LogP contribution in [0.25, 0.3) is 0 Å². The van der Waals surface area contributed by atoms with Crippen molar-refractivity contribution in [3.05, 3.63) is 0 Å². The Bertz CT molecular complexity index is 190. The summed E-state index contributed by atoms with van der Waals surface area (Å²) in [6.45, 7) is 3.63. The van der Waals surface area contributed by atoms with E-state index in [9.17, 15) is 4.79 Å². The van der Waals surface area contributed by atoms with Gasteiger partial charge in [0.05, 0.1) is 5.41 Å². The second-order valence-electron chi connectivity index (χ2n) is 2.85. The van der Waals surface area contributed by atoms with E-state index in [-0.39, 0.29) is 5.92 Å². The molecule has 2 nitrogen and oxygen atoms in total. The van der Waals surface area contributed by atoms with Crippen LogP contribution in [0.2, 0.25) is 0 Å². The zero-order valence-electron chi connectivity index (χ0n) is 5.69. The Balaban J connectivity index is 2.88. The summed E-state index contributed by atoms with van der Waals surface area (Å²) in [5.41, 5.74) is -0.646. The number of hydrogen-bond acceptors (Lipinski definition) is 1. The molecule has 10 heavy (non-hydrogen) atoms. The topological polar surface area (TPSA) is 37.3 Å². The zero-order chi connectivity index (χ0) is 8.15. The Morgan fingerprint density at radius 2 is 1.90 bits per heavy atom. The SMILES string of the molecule is C[C@@H]1C(Br)(Br)[C@@]1(C)C(=O)O. The third kappa shape index (κ3) is 0.720. The minimum Gasteiger partial charge on any atom is -0.481 e. The molecule has 58 valence electrons. The molecule has 0 aromatic carbocycles. The number of halogens is 2. The Labute approximate surface area is 76.2 Å². The zero-order valence-corrected chi connectivity index (χ0v) is 8.86. The van der Waals surface area contributed by atoms with Gasteiger partial charge in [-0.2, -0.15) is 0 Å². The molecule has 0 heterocycles. The van der Waals surface area contributed by atoms with Gasteiger partial charge in [0.15, 0.2) is 0 Å². The number of carboxylic acids is 1. The lowest BCUT2D eigenvalue weighted by Crippen LogP contribution is -2.16. The molecule has 0 amide bonds. The Morgan fingerprint density at radius 3 is 1.90 bits per heavy atom. The number of hydrogen-bond donors (Lipinski definition) is 1. The van der Waals surface area contributed by atoms with Crippen molar-refractivity contribution in [1.82, 2.24) is 0 Å². The molecule has 0 radical (unpaired) electrons. The normalized spacial score (nSPS) is 43.0. The number of alkyl halides is 2. The molecule has 0 aromatic heterocycles. The summed E-state index contributed by atoms with van der Waals surface area (Å²) >= 11 is 6.62. The van der Waals surface area contributed by atoms with E-state index in [0.717, 1.165) is 0 Å². The first-order valence-corrected chi connectivity index (χ1v) is 4.55. The van der Waals surface area contributed by atoms with E-state index in [0.29, 0.717) is 0 Å². The van der Waals surface area contributed by atoms with Crippen LogP contribution in [-0.2, 0) is 4.79 Å². The van der Waals surface area contributed by atoms with Crippen molar-refractivity contribution in [3.63, 3.8) is 0 Å². The van der Waals surface area contributed by atoms with Crippen LogP contribution < -0.4 is 0 Å². The van der Waals surface area contributed by atoms with Crippen LogP contribution in [0.3, 0.4) is 0 Å². The monoisotopic (exact) mass is 270 g/mol. The minimum atomic E-state index is -0.756. The lowest BCUT2D eigenvalue weighted by Gasteiger charge is -2.03. The van der Waals surface area contributed by atoms with Gasteiger partial charge in [0.25, 0.3) is 0 Å². The minimum absolute atomic E-state index is 0.137. The highest BCUT2D eigenvalue weighted by Crippen LogP contribution is 2.70. The van der Waals surface area contributed by atoms with E-state index in [2.05, 4.69) is 31.9 Å². The fourth-order valence-corrected chi connectivity index (χ4v) is 2.78. The van der Waals surface area contributed by atoms with Gasteiger partial charge in [0.2, 0.25) is 0 Å². The van der Waals surface area contributed by atoms with Crippen LogP contribution in [0.4, 0.5) is 0 Å². The maximum Gasteiger partial charge on any atom is 0.312 e. The number of aliphatic carboxylic acids is 1. The molecule has 1 fully saturated rings. The second kappa shape index (κ2) is 1.97. The second-order valence-corrected chi connectivity index (χ2v) is 6.42. The smallest absolute Gasteiger partial charge is 0.312 e. The fraction of sp³-hybridized carbons (Fsp3) is 0.833. The maximum atomic E-state index is 10.6.